The molecule has 3 heterocycles. The molecule has 140 valence electrons. The van der Waals surface area contributed by atoms with Gasteiger partial charge < -0.3 is 4.52 Å². The summed E-state index contributed by atoms with van der Waals surface area (Å²) in [6.45, 7) is 2.38. The summed E-state index contributed by atoms with van der Waals surface area (Å²) in [4.78, 5) is 12.8. The quantitative estimate of drug-likeness (QED) is 0.657. The molecular formula is C17H16ClN5O3S. The third-order valence-electron chi connectivity index (χ3n) is 4.50. The van der Waals surface area contributed by atoms with Crippen molar-refractivity contribution in [1.82, 2.24) is 24.4 Å². The zero-order valence-electron chi connectivity index (χ0n) is 14.4. The molecule has 27 heavy (non-hydrogen) atoms. The second-order valence-electron chi connectivity index (χ2n) is 6.24. The number of hydrogen-bond donors (Lipinski definition) is 0. The van der Waals surface area contributed by atoms with Crippen LogP contribution in [0.15, 0.2) is 46.2 Å². The first-order chi connectivity index (χ1) is 13.0. The van der Waals surface area contributed by atoms with Gasteiger partial charge in [-0.1, -0.05) is 28.9 Å². The molecule has 4 rings (SSSR count). The molecule has 1 aliphatic heterocycles. The zero-order chi connectivity index (χ0) is 19.0. The molecule has 0 N–H and O–H groups in total. The fraction of sp³-hybridized carbons (Fsp3) is 0.294. The fourth-order valence-corrected chi connectivity index (χ4v) is 5.20. The summed E-state index contributed by atoms with van der Waals surface area (Å²) in [7, 11) is -3.68. The van der Waals surface area contributed by atoms with Gasteiger partial charge in [0.05, 0.1) is 16.3 Å². The van der Waals surface area contributed by atoms with Crippen LogP contribution < -0.4 is 0 Å². The summed E-state index contributed by atoms with van der Waals surface area (Å²) in [6.07, 6.45) is 3.69. The molecular weight excluding hydrogens is 390 g/mol. The number of halogens is 1. The minimum atomic E-state index is -3.68. The van der Waals surface area contributed by atoms with E-state index in [-0.39, 0.29) is 15.8 Å². The number of benzene rings is 1. The average Bonchev–Trinajstić information content (AvgIpc) is 3.31. The van der Waals surface area contributed by atoms with Crippen molar-refractivity contribution in [2.24, 2.45) is 0 Å². The minimum absolute atomic E-state index is 0.0981. The van der Waals surface area contributed by atoms with Gasteiger partial charge in [-0.25, -0.2) is 18.4 Å². The lowest BCUT2D eigenvalue weighted by molar-refractivity contribution is 0.394. The van der Waals surface area contributed by atoms with Crippen LogP contribution in [0.3, 0.4) is 0 Å². The highest BCUT2D eigenvalue weighted by atomic mass is 35.5. The maximum Gasteiger partial charge on any atom is 0.244 e. The van der Waals surface area contributed by atoms with E-state index in [0.29, 0.717) is 42.5 Å². The van der Waals surface area contributed by atoms with Gasteiger partial charge in [0.1, 0.15) is 11.2 Å². The van der Waals surface area contributed by atoms with Crippen molar-refractivity contribution in [1.29, 1.82) is 0 Å². The maximum atomic E-state index is 13.0. The third-order valence-corrected chi connectivity index (χ3v) is 6.87. The number of rotatable bonds is 4. The Hall–Kier alpha value is -2.36. The van der Waals surface area contributed by atoms with Crippen LogP contribution in [0.4, 0.5) is 0 Å². The number of aryl methyl sites for hydroxylation is 1. The van der Waals surface area contributed by atoms with Crippen molar-refractivity contribution in [2.45, 2.75) is 24.2 Å². The summed E-state index contributed by atoms with van der Waals surface area (Å²) < 4.78 is 32.4. The van der Waals surface area contributed by atoms with Gasteiger partial charge in [0.15, 0.2) is 0 Å². The Morgan fingerprint density at radius 2 is 2.11 bits per heavy atom. The average molecular weight is 406 g/mol. The molecule has 0 bridgehead atoms. The molecule has 3 aromatic rings. The Balaban J connectivity index is 1.64. The molecule has 0 saturated carbocycles. The van der Waals surface area contributed by atoms with E-state index < -0.39 is 10.0 Å². The van der Waals surface area contributed by atoms with Gasteiger partial charge >= 0.3 is 0 Å². The standard InChI is InChI=1S/C17H16ClN5O3S/c1-11-21-17(22-26-11)13-8-19-10-20-16(13)12-6-7-23(9-12)27(24,25)15-5-3-2-4-14(15)18/h2-5,8,10,12H,6-7,9H2,1H3/t12-/m0/s1. The van der Waals surface area contributed by atoms with Gasteiger partial charge in [0.2, 0.25) is 21.7 Å². The smallest absolute Gasteiger partial charge is 0.244 e. The van der Waals surface area contributed by atoms with Crippen molar-refractivity contribution >= 4 is 21.6 Å². The zero-order valence-corrected chi connectivity index (χ0v) is 16.0. The van der Waals surface area contributed by atoms with Crippen molar-refractivity contribution in [3.8, 4) is 11.4 Å². The van der Waals surface area contributed by atoms with E-state index in [4.69, 9.17) is 16.1 Å². The molecule has 0 spiro atoms. The monoisotopic (exact) mass is 405 g/mol. The molecule has 0 unspecified atom stereocenters. The lowest BCUT2D eigenvalue weighted by Crippen LogP contribution is -2.29. The van der Waals surface area contributed by atoms with E-state index in [2.05, 4.69) is 20.1 Å². The first kappa shape index (κ1) is 18.0. The molecule has 0 radical (unpaired) electrons. The van der Waals surface area contributed by atoms with Gasteiger partial charge in [-0.3, -0.25) is 0 Å². The lowest BCUT2D eigenvalue weighted by atomic mass is 10.00. The van der Waals surface area contributed by atoms with Gasteiger partial charge in [-0.05, 0) is 18.6 Å². The van der Waals surface area contributed by atoms with Crippen molar-refractivity contribution < 1.29 is 12.9 Å². The van der Waals surface area contributed by atoms with Crippen molar-refractivity contribution in [2.75, 3.05) is 13.1 Å². The van der Waals surface area contributed by atoms with Crippen LogP contribution in [-0.2, 0) is 10.0 Å². The molecule has 8 nitrogen and oxygen atoms in total. The number of hydrogen-bond acceptors (Lipinski definition) is 7. The van der Waals surface area contributed by atoms with Crippen LogP contribution in [0.5, 0.6) is 0 Å². The second kappa shape index (κ2) is 6.99. The largest absolute Gasteiger partial charge is 0.339 e. The van der Waals surface area contributed by atoms with Crippen LogP contribution in [-0.4, -0.2) is 45.9 Å². The first-order valence-corrected chi connectivity index (χ1v) is 10.1. The summed E-state index contributed by atoms with van der Waals surface area (Å²) >= 11 is 6.09. The summed E-state index contributed by atoms with van der Waals surface area (Å²) in [5.74, 6) is 0.740. The molecule has 1 aromatic carbocycles. The summed E-state index contributed by atoms with van der Waals surface area (Å²) in [6, 6.07) is 6.45. The van der Waals surface area contributed by atoms with Crippen LogP contribution in [0.25, 0.3) is 11.4 Å². The van der Waals surface area contributed by atoms with E-state index in [1.54, 1.807) is 31.3 Å². The van der Waals surface area contributed by atoms with Crippen LogP contribution in [0.2, 0.25) is 5.02 Å². The molecule has 1 saturated heterocycles. The van der Waals surface area contributed by atoms with Crippen LogP contribution >= 0.6 is 11.6 Å². The number of aromatic nitrogens is 4. The van der Waals surface area contributed by atoms with E-state index in [1.165, 1.54) is 16.7 Å². The molecule has 0 amide bonds. The Labute approximate surface area is 161 Å². The Kier molecular flexibility index (Phi) is 4.67. The Morgan fingerprint density at radius 3 is 2.85 bits per heavy atom. The topological polar surface area (TPSA) is 102 Å². The van der Waals surface area contributed by atoms with Crippen LogP contribution in [0, 0.1) is 6.92 Å². The van der Waals surface area contributed by atoms with Gasteiger partial charge in [-0.15, -0.1) is 0 Å². The van der Waals surface area contributed by atoms with Crippen LogP contribution in [0.1, 0.15) is 23.9 Å². The van der Waals surface area contributed by atoms with E-state index in [1.807, 2.05) is 0 Å². The van der Waals surface area contributed by atoms with Gasteiger partial charge in [0.25, 0.3) is 0 Å². The predicted molar refractivity (Wildman–Crippen MR) is 97.6 cm³/mol. The normalized spacial score (nSPS) is 18.1. The first-order valence-electron chi connectivity index (χ1n) is 8.32. The molecule has 10 heteroatoms. The molecule has 0 aliphatic carbocycles. The molecule has 1 aliphatic rings. The highest BCUT2D eigenvalue weighted by Gasteiger charge is 2.36. The molecule has 2 aromatic heterocycles. The Morgan fingerprint density at radius 1 is 1.30 bits per heavy atom. The predicted octanol–water partition coefficient (Wildman–Crippen LogP) is 2.67. The van der Waals surface area contributed by atoms with E-state index >= 15 is 0 Å². The highest BCUT2D eigenvalue weighted by molar-refractivity contribution is 7.89. The van der Waals surface area contributed by atoms with E-state index in [9.17, 15) is 8.42 Å². The molecule has 1 atom stereocenters. The number of nitrogens with zero attached hydrogens (tertiary/aromatic N) is 5. The maximum absolute atomic E-state index is 13.0. The summed E-state index contributed by atoms with van der Waals surface area (Å²) in [5.41, 5.74) is 1.36. The van der Waals surface area contributed by atoms with Gasteiger partial charge in [-0.2, -0.15) is 9.29 Å². The van der Waals surface area contributed by atoms with Crippen molar-refractivity contribution in [3.05, 3.63) is 53.4 Å². The second-order valence-corrected chi connectivity index (χ2v) is 8.55. The van der Waals surface area contributed by atoms with Gasteiger partial charge in [0, 0.05) is 32.1 Å². The Bertz CT molecular complexity index is 1090. The van der Waals surface area contributed by atoms with E-state index in [0.717, 1.165) is 0 Å². The van der Waals surface area contributed by atoms with Crippen molar-refractivity contribution in [3.63, 3.8) is 0 Å². The number of sulfonamides is 1. The highest BCUT2D eigenvalue weighted by Crippen LogP contribution is 2.35. The lowest BCUT2D eigenvalue weighted by Gasteiger charge is -2.17. The minimum Gasteiger partial charge on any atom is -0.339 e. The SMILES string of the molecule is Cc1nc(-c2cncnc2[C@H]2CCN(S(=O)(=O)c3ccccc3Cl)C2)no1. The fourth-order valence-electron chi connectivity index (χ4n) is 3.21. The third kappa shape index (κ3) is 3.33. The molecule has 1 fully saturated rings. The summed E-state index contributed by atoms with van der Waals surface area (Å²) in [5, 5.41) is 4.14.